The smallest absolute Gasteiger partial charge is 0.404 e. The van der Waals surface area contributed by atoms with E-state index in [0.29, 0.717) is 0 Å². The molecule has 1 fully saturated rings. The fourth-order valence-corrected chi connectivity index (χ4v) is 2.21. The summed E-state index contributed by atoms with van der Waals surface area (Å²) in [5, 5.41) is 4.56. The van der Waals surface area contributed by atoms with Crippen LogP contribution in [0, 0.1) is 5.41 Å². The van der Waals surface area contributed by atoms with E-state index in [9.17, 15) is 18.0 Å². The van der Waals surface area contributed by atoms with Gasteiger partial charge in [-0.3, -0.25) is 10.1 Å². The van der Waals surface area contributed by atoms with Crippen LogP contribution >= 0.6 is 11.6 Å². The van der Waals surface area contributed by atoms with E-state index in [4.69, 9.17) is 16.3 Å². The van der Waals surface area contributed by atoms with Crippen molar-refractivity contribution in [3.8, 4) is 5.88 Å². The molecule has 6 nitrogen and oxygen atoms in total. The number of ether oxygens (including phenoxy) is 1. The van der Waals surface area contributed by atoms with Gasteiger partial charge in [0.1, 0.15) is 5.15 Å². The van der Waals surface area contributed by atoms with Crippen LogP contribution in [-0.2, 0) is 4.79 Å². The average molecular weight is 325 g/mol. The molecular weight excluding hydrogens is 313 g/mol. The van der Waals surface area contributed by atoms with Crippen molar-refractivity contribution < 1.29 is 22.7 Å². The molecule has 21 heavy (non-hydrogen) atoms. The van der Waals surface area contributed by atoms with Gasteiger partial charge in [0.05, 0.1) is 7.11 Å². The molecule has 1 atom stereocenters. The molecule has 0 radical (unpaired) electrons. The number of methoxy groups -OCH3 is 1. The Kier molecular flexibility index (Phi) is 4.24. The van der Waals surface area contributed by atoms with Crippen LogP contribution in [0.25, 0.3) is 0 Å². The van der Waals surface area contributed by atoms with Crippen molar-refractivity contribution in [1.29, 1.82) is 0 Å². The van der Waals surface area contributed by atoms with Gasteiger partial charge in [-0.15, -0.1) is 0 Å². The first kappa shape index (κ1) is 15.8. The predicted octanol–water partition coefficient (Wildman–Crippen LogP) is 1.62. The van der Waals surface area contributed by atoms with E-state index in [1.54, 1.807) is 0 Å². The van der Waals surface area contributed by atoms with Crippen LogP contribution in [0.3, 0.4) is 0 Å². The number of nitrogens with zero attached hydrogens (tertiary/aromatic N) is 2. The van der Waals surface area contributed by atoms with Gasteiger partial charge in [0.15, 0.2) is 5.41 Å². The molecule has 0 bridgehead atoms. The van der Waals surface area contributed by atoms with Crippen LogP contribution in [0.2, 0.25) is 5.15 Å². The molecule has 0 aromatic carbocycles. The molecule has 2 N–H and O–H groups in total. The number of nitrogens with one attached hydrogen (secondary N) is 2. The van der Waals surface area contributed by atoms with E-state index in [1.807, 2.05) is 0 Å². The zero-order chi connectivity index (χ0) is 15.7. The Hall–Kier alpha value is -1.61. The Balaban J connectivity index is 2.26. The molecule has 1 aromatic rings. The normalized spacial score (nSPS) is 22.1. The van der Waals surface area contributed by atoms with Crippen molar-refractivity contribution in [2.24, 2.45) is 5.41 Å². The van der Waals surface area contributed by atoms with E-state index in [-0.39, 0.29) is 29.9 Å². The first-order valence-electron chi connectivity index (χ1n) is 5.96. The highest BCUT2D eigenvalue weighted by atomic mass is 35.5. The van der Waals surface area contributed by atoms with Crippen molar-refractivity contribution in [2.75, 3.05) is 25.5 Å². The quantitative estimate of drug-likeness (QED) is 0.826. The molecule has 1 aromatic heterocycles. The fraction of sp³-hybridized carbons (Fsp3) is 0.545. The molecule has 1 aliphatic heterocycles. The Labute approximate surface area is 123 Å². The predicted molar refractivity (Wildman–Crippen MR) is 68.2 cm³/mol. The lowest BCUT2D eigenvalue weighted by Gasteiger charge is -2.28. The molecule has 0 spiro atoms. The number of halogens is 4. The second kappa shape index (κ2) is 5.64. The summed E-state index contributed by atoms with van der Waals surface area (Å²) in [4.78, 5) is 19.5. The van der Waals surface area contributed by atoms with Gasteiger partial charge in [0, 0.05) is 12.6 Å². The number of carbonyl (C=O) groups is 1. The molecule has 1 saturated heterocycles. The number of hydrogen-bond acceptors (Lipinski definition) is 5. The standard InChI is InChI=1S/C11H12ClF3N4O2/c1-21-7-4-6(12)17-9(18-7)19-8(20)10(11(13,14)15)2-3-16-5-10/h4,16H,2-3,5H2,1H3,(H,17,18,19,20). The SMILES string of the molecule is COc1cc(Cl)nc(NC(=O)C2(C(F)(F)F)CCNC2)n1. The van der Waals surface area contributed by atoms with Crippen LogP contribution in [0.1, 0.15) is 6.42 Å². The Morgan fingerprint density at radius 1 is 1.52 bits per heavy atom. The third-order valence-electron chi connectivity index (χ3n) is 3.24. The van der Waals surface area contributed by atoms with E-state index < -0.39 is 24.0 Å². The van der Waals surface area contributed by atoms with Gasteiger partial charge >= 0.3 is 6.18 Å². The Morgan fingerprint density at radius 3 is 2.76 bits per heavy atom. The monoisotopic (exact) mass is 324 g/mol. The van der Waals surface area contributed by atoms with Gasteiger partial charge < -0.3 is 10.1 Å². The highest BCUT2D eigenvalue weighted by molar-refractivity contribution is 6.29. The molecule has 116 valence electrons. The summed E-state index contributed by atoms with van der Waals surface area (Å²) in [6, 6.07) is 1.27. The van der Waals surface area contributed by atoms with Crippen LogP contribution in [-0.4, -0.2) is 42.3 Å². The topological polar surface area (TPSA) is 76.1 Å². The summed E-state index contributed by atoms with van der Waals surface area (Å²) in [6.07, 6.45) is -5.02. The van der Waals surface area contributed by atoms with Crippen LogP contribution in [0.4, 0.5) is 19.1 Å². The summed E-state index contributed by atoms with van der Waals surface area (Å²) < 4.78 is 44.4. The molecule has 0 aliphatic carbocycles. The number of amides is 1. The van der Waals surface area contributed by atoms with E-state index in [0.717, 1.165) is 0 Å². The lowest BCUT2D eigenvalue weighted by atomic mass is 9.85. The maximum Gasteiger partial charge on any atom is 0.404 e. The largest absolute Gasteiger partial charge is 0.481 e. The maximum absolute atomic E-state index is 13.2. The van der Waals surface area contributed by atoms with E-state index >= 15 is 0 Å². The minimum atomic E-state index is -4.68. The summed E-state index contributed by atoms with van der Waals surface area (Å²) >= 11 is 5.68. The van der Waals surface area contributed by atoms with Gasteiger partial charge in [0.25, 0.3) is 0 Å². The molecular formula is C11H12ClF3N4O2. The minimum Gasteiger partial charge on any atom is -0.481 e. The number of rotatable bonds is 3. The van der Waals surface area contributed by atoms with Crippen molar-refractivity contribution in [3.05, 3.63) is 11.2 Å². The first-order chi connectivity index (χ1) is 9.78. The summed E-state index contributed by atoms with van der Waals surface area (Å²) in [5.74, 6) is -1.51. The maximum atomic E-state index is 13.2. The summed E-state index contributed by atoms with van der Waals surface area (Å²) in [6.45, 7) is -0.382. The number of anilines is 1. The third-order valence-corrected chi connectivity index (χ3v) is 3.43. The summed E-state index contributed by atoms with van der Waals surface area (Å²) in [7, 11) is 1.31. The second-order valence-electron chi connectivity index (χ2n) is 4.52. The highest BCUT2D eigenvalue weighted by Crippen LogP contribution is 2.43. The summed E-state index contributed by atoms with van der Waals surface area (Å²) in [5.41, 5.74) is -2.49. The van der Waals surface area contributed by atoms with Crippen molar-refractivity contribution in [3.63, 3.8) is 0 Å². The molecule has 1 unspecified atom stereocenters. The number of alkyl halides is 3. The number of hydrogen-bond donors (Lipinski definition) is 2. The molecule has 2 rings (SSSR count). The van der Waals surface area contributed by atoms with E-state index in [1.165, 1.54) is 13.2 Å². The molecule has 1 amide bonds. The lowest BCUT2D eigenvalue weighted by Crippen LogP contribution is -2.49. The van der Waals surface area contributed by atoms with Crippen LogP contribution < -0.4 is 15.4 Å². The average Bonchev–Trinajstić information content (AvgIpc) is 2.88. The molecule has 10 heteroatoms. The second-order valence-corrected chi connectivity index (χ2v) is 4.90. The zero-order valence-electron chi connectivity index (χ0n) is 10.9. The van der Waals surface area contributed by atoms with Crippen LogP contribution in [0.5, 0.6) is 5.88 Å². The highest BCUT2D eigenvalue weighted by Gasteiger charge is 2.61. The van der Waals surface area contributed by atoms with Gasteiger partial charge in [-0.05, 0) is 13.0 Å². The fourth-order valence-electron chi connectivity index (χ4n) is 2.04. The molecule has 1 aliphatic rings. The Bertz CT molecular complexity index is 547. The third kappa shape index (κ3) is 3.03. The number of aromatic nitrogens is 2. The molecule has 2 heterocycles. The van der Waals surface area contributed by atoms with Gasteiger partial charge in [-0.2, -0.15) is 18.2 Å². The lowest BCUT2D eigenvalue weighted by molar-refractivity contribution is -0.213. The Morgan fingerprint density at radius 2 is 2.24 bits per heavy atom. The van der Waals surface area contributed by atoms with Crippen molar-refractivity contribution >= 4 is 23.5 Å². The van der Waals surface area contributed by atoms with Gasteiger partial charge in [-0.1, -0.05) is 11.6 Å². The van der Waals surface area contributed by atoms with E-state index in [2.05, 4.69) is 20.6 Å². The number of carbonyl (C=O) groups excluding carboxylic acids is 1. The molecule has 0 saturated carbocycles. The zero-order valence-corrected chi connectivity index (χ0v) is 11.7. The van der Waals surface area contributed by atoms with Crippen molar-refractivity contribution in [1.82, 2.24) is 15.3 Å². The first-order valence-corrected chi connectivity index (χ1v) is 6.34. The van der Waals surface area contributed by atoms with Gasteiger partial charge in [-0.25, -0.2) is 4.98 Å². The van der Waals surface area contributed by atoms with Crippen LogP contribution in [0.15, 0.2) is 6.07 Å². The van der Waals surface area contributed by atoms with Crippen molar-refractivity contribution in [2.45, 2.75) is 12.6 Å². The minimum absolute atomic E-state index is 0.0379. The van der Waals surface area contributed by atoms with Gasteiger partial charge in [0.2, 0.25) is 17.7 Å².